The van der Waals surface area contributed by atoms with E-state index in [9.17, 15) is 18.0 Å². The molecule has 1 saturated heterocycles. The van der Waals surface area contributed by atoms with Crippen LogP contribution in [0.3, 0.4) is 0 Å². The average molecular weight is 485 g/mol. The summed E-state index contributed by atoms with van der Waals surface area (Å²) in [4.78, 5) is 26.6. The highest BCUT2D eigenvalue weighted by Crippen LogP contribution is 2.26. The van der Waals surface area contributed by atoms with Crippen molar-refractivity contribution in [2.24, 2.45) is 0 Å². The molecule has 180 valence electrons. The number of rotatable bonds is 6. The Bertz CT molecular complexity index is 1160. The number of morpholine rings is 1. The fourth-order valence-corrected chi connectivity index (χ4v) is 5.43. The van der Waals surface area contributed by atoms with E-state index in [0.29, 0.717) is 31.9 Å². The molecule has 34 heavy (non-hydrogen) atoms. The van der Waals surface area contributed by atoms with Crippen molar-refractivity contribution >= 4 is 33.6 Å². The minimum atomic E-state index is -3.56. The van der Waals surface area contributed by atoms with E-state index < -0.39 is 15.9 Å². The minimum absolute atomic E-state index is 0.153. The maximum absolute atomic E-state index is 12.7. The Morgan fingerprint density at radius 1 is 0.971 bits per heavy atom. The van der Waals surface area contributed by atoms with E-state index in [4.69, 9.17) is 4.74 Å². The predicted octanol–water partition coefficient (Wildman–Crippen LogP) is 1.32. The number of carbonyl (C=O) groups excluding carboxylic acids is 2. The van der Waals surface area contributed by atoms with Crippen molar-refractivity contribution in [2.75, 3.05) is 44.3 Å². The fourth-order valence-electron chi connectivity index (χ4n) is 4.02. The molecule has 2 amide bonds. The molecule has 0 radical (unpaired) electrons. The van der Waals surface area contributed by atoms with Crippen molar-refractivity contribution in [3.8, 4) is 0 Å². The first kappa shape index (κ1) is 23.9. The van der Waals surface area contributed by atoms with Crippen LogP contribution in [0.5, 0.6) is 0 Å². The first-order valence-electron chi connectivity index (χ1n) is 11.2. The Morgan fingerprint density at radius 2 is 1.71 bits per heavy atom. The van der Waals surface area contributed by atoms with Crippen LogP contribution in [0.15, 0.2) is 59.5 Å². The molecule has 0 atom stereocenters. The number of ether oxygens (including phenoxy) is 1. The van der Waals surface area contributed by atoms with E-state index in [1.54, 1.807) is 18.2 Å². The third-order valence-electron chi connectivity index (χ3n) is 5.78. The molecule has 2 heterocycles. The lowest BCUT2D eigenvalue weighted by atomic mass is 10.0. The Kier molecular flexibility index (Phi) is 7.61. The van der Waals surface area contributed by atoms with Gasteiger partial charge in [0.2, 0.25) is 10.0 Å². The molecule has 0 spiro atoms. The highest BCUT2D eigenvalue weighted by molar-refractivity contribution is 7.89. The molecule has 0 aromatic heterocycles. The van der Waals surface area contributed by atoms with Gasteiger partial charge in [-0.25, -0.2) is 8.42 Å². The number of amides is 2. The second-order valence-electron chi connectivity index (χ2n) is 8.11. The highest BCUT2D eigenvalue weighted by atomic mass is 32.2. The largest absolute Gasteiger partial charge is 0.379 e. The van der Waals surface area contributed by atoms with Gasteiger partial charge in [0.05, 0.1) is 24.7 Å². The third-order valence-corrected chi connectivity index (χ3v) is 7.69. The van der Waals surface area contributed by atoms with Gasteiger partial charge in [-0.1, -0.05) is 30.3 Å². The van der Waals surface area contributed by atoms with Gasteiger partial charge in [-0.3, -0.25) is 20.4 Å². The number of nitrogens with zero attached hydrogens (tertiary/aromatic N) is 2. The molecule has 2 aromatic rings. The number of anilines is 1. The van der Waals surface area contributed by atoms with Crippen LogP contribution >= 0.6 is 0 Å². The Labute approximate surface area is 199 Å². The lowest BCUT2D eigenvalue weighted by Crippen LogP contribution is -2.47. The van der Waals surface area contributed by atoms with Crippen LogP contribution in [-0.2, 0) is 30.8 Å². The number of fused-ring (bicyclic) bond motifs is 1. The minimum Gasteiger partial charge on any atom is -0.379 e. The summed E-state index contributed by atoms with van der Waals surface area (Å²) in [7, 11) is -3.56. The second-order valence-corrected chi connectivity index (χ2v) is 10.0. The topological polar surface area (TPSA) is 108 Å². The van der Waals surface area contributed by atoms with Gasteiger partial charge in [0.1, 0.15) is 0 Å². The third kappa shape index (κ3) is 5.82. The summed E-state index contributed by atoms with van der Waals surface area (Å²) in [5.74, 6) is -0.798. The zero-order valence-electron chi connectivity index (χ0n) is 18.8. The highest BCUT2D eigenvalue weighted by Gasteiger charge is 2.26. The molecule has 1 fully saturated rings. The van der Waals surface area contributed by atoms with Crippen LogP contribution in [0.25, 0.3) is 6.08 Å². The summed E-state index contributed by atoms with van der Waals surface area (Å²) >= 11 is 0. The van der Waals surface area contributed by atoms with Crippen LogP contribution in [0.1, 0.15) is 17.5 Å². The van der Waals surface area contributed by atoms with Crippen molar-refractivity contribution in [1.82, 2.24) is 15.2 Å². The number of nitrogens with one attached hydrogen (secondary N) is 2. The molecule has 2 N–H and O–H groups in total. The number of benzene rings is 2. The van der Waals surface area contributed by atoms with Gasteiger partial charge in [0.25, 0.3) is 11.8 Å². The van der Waals surface area contributed by atoms with Crippen molar-refractivity contribution in [3.05, 3.63) is 65.7 Å². The number of carbonyl (C=O) groups is 2. The van der Waals surface area contributed by atoms with Crippen LogP contribution in [0.2, 0.25) is 0 Å². The number of hydrazine groups is 1. The normalized spacial score (nSPS) is 16.8. The molecule has 2 aliphatic heterocycles. The van der Waals surface area contributed by atoms with Gasteiger partial charge in [-0.15, -0.1) is 0 Å². The average Bonchev–Trinajstić information content (AvgIpc) is 2.87. The number of sulfonamides is 1. The lowest BCUT2D eigenvalue weighted by molar-refractivity contribution is -0.125. The van der Waals surface area contributed by atoms with Crippen LogP contribution in [0.4, 0.5) is 5.69 Å². The second kappa shape index (κ2) is 10.8. The Morgan fingerprint density at radius 3 is 2.47 bits per heavy atom. The molecule has 10 heteroatoms. The number of hydrogen-bond donors (Lipinski definition) is 2. The molecule has 0 bridgehead atoms. The van der Waals surface area contributed by atoms with E-state index in [0.717, 1.165) is 25.1 Å². The molecular weight excluding hydrogens is 456 g/mol. The summed E-state index contributed by atoms with van der Waals surface area (Å²) in [5.41, 5.74) is 7.74. The number of aryl methyl sites for hydroxylation is 1. The van der Waals surface area contributed by atoms with Crippen molar-refractivity contribution in [2.45, 2.75) is 17.7 Å². The monoisotopic (exact) mass is 484 g/mol. The molecule has 9 nitrogen and oxygen atoms in total. The SMILES string of the molecule is O=C(/C=C/c1ccc(S(=O)(=O)N2CCOCC2)cc1)NNC(=O)CN1CCCc2ccccc21. The van der Waals surface area contributed by atoms with Crippen molar-refractivity contribution in [1.29, 1.82) is 0 Å². The molecule has 2 aliphatic rings. The van der Waals surface area contributed by atoms with Crippen LogP contribution in [-0.4, -0.2) is 63.9 Å². The molecule has 0 unspecified atom stereocenters. The summed E-state index contributed by atoms with van der Waals surface area (Å²) < 4.78 is 32.0. The maximum atomic E-state index is 12.7. The van der Waals surface area contributed by atoms with E-state index in [1.807, 2.05) is 23.1 Å². The zero-order valence-corrected chi connectivity index (χ0v) is 19.6. The van der Waals surface area contributed by atoms with Gasteiger partial charge in [-0.05, 0) is 48.2 Å². The van der Waals surface area contributed by atoms with Crippen LogP contribution < -0.4 is 15.8 Å². The van der Waals surface area contributed by atoms with Crippen molar-refractivity contribution in [3.63, 3.8) is 0 Å². The van der Waals surface area contributed by atoms with Gasteiger partial charge < -0.3 is 9.64 Å². The first-order valence-corrected chi connectivity index (χ1v) is 12.7. The summed E-state index contributed by atoms with van der Waals surface area (Å²) in [6, 6.07) is 14.3. The van der Waals surface area contributed by atoms with Gasteiger partial charge >= 0.3 is 0 Å². The molecule has 2 aromatic carbocycles. The summed E-state index contributed by atoms with van der Waals surface area (Å²) in [5, 5.41) is 0. The van der Waals surface area contributed by atoms with E-state index in [2.05, 4.69) is 16.9 Å². The molecular formula is C24H28N4O5S. The Balaban J connectivity index is 1.27. The standard InChI is InChI=1S/C24H28N4O5S/c29-23(25-26-24(30)18-27-13-3-5-20-4-1-2-6-22(20)27)12-9-19-7-10-21(11-8-19)34(31,32)28-14-16-33-17-15-28/h1-2,4,6-12H,3,5,13-18H2,(H,25,29)(H,26,30)/b12-9+. The quantitative estimate of drug-likeness (QED) is 0.473. The smallest absolute Gasteiger partial charge is 0.262 e. The van der Waals surface area contributed by atoms with Crippen LogP contribution in [0, 0.1) is 0 Å². The molecule has 4 rings (SSSR count). The number of hydrogen-bond acceptors (Lipinski definition) is 6. The van der Waals surface area contributed by atoms with E-state index in [-0.39, 0.29) is 17.3 Å². The zero-order chi connectivity index (χ0) is 24.0. The molecule has 0 aliphatic carbocycles. The van der Waals surface area contributed by atoms with Crippen molar-refractivity contribution < 1.29 is 22.7 Å². The van der Waals surface area contributed by atoms with Gasteiger partial charge in [0, 0.05) is 31.4 Å². The first-order chi connectivity index (χ1) is 16.4. The fraction of sp³-hybridized carbons (Fsp3) is 0.333. The van der Waals surface area contributed by atoms with Gasteiger partial charge in [0.15, 0.2) is 0 Å². The number of para-hydroxylation sites is 1. The maximum Gasteiger partial charge on any atom is 0.262 e. The molecule has 0 saturated carbocycles. The lowest BCUT2D eigenvalue weighted by Gasteiger charge is -2.30. The summed E-state index contributed by atoms with van der Waals surface area (Å²) in [6.45, 7) is 2.38. The van der Waals surface area contributed by atoms with E-state index >= 15 is 0 Å². The van der Waals surface area contributed by atoms with Gasteiger partial charge in [-0.2, -0.15) is 4.31 Å². The Hall–Kier alpha value is -3.21. The predicted molar refractivity (Wildman–Crippen MR) is 128 cm³/mol. The van der Waals surface area contributed by atoms with E-state index in [1.165, 1.54) is 28.1 Å². The summed E-state index contributed by atoms with van der Waals surface area (Å²) in [6.07, 6.45) is 4.80.